The van der Waals surface area contributed by atoms with E-state index in [0.717, 1.165) is 64.2 Å². The zero-order chi connectivity index (χ0) is 20.6. The zero-order valence-electron chi connectivity index (χ0n) is 17.4. The molecule has 0 aromatic heterocycles. The van der Waals surface area contributed by atoms with Gasteiger partial charge < -0.3 is 29.5 Å². The lowest BCUT2D eigenvalue weighted by molar-refractivity contribution is -0.919. The van der Waals surface area contributed by atoms with Crippen LogP contribution in [0.1, 0.15) is 31.2 Å². The summed E-state index contributed by atoms with van der Waals surface area (Å²) in [5.41, 5.74) is 1.22. The molecule has 2 saturated heterocycles. The van der Waals surface area contributed by atoms with Crippen LogP contribution in [0.5, 0.6) is 5.75 Å². The first-order chi connectivity index (χ1) is 14.0. The van der Waals surface area contributed by atoms with E-state index in [1.54, 1.807) is 0 Å². The number of methoxy groups -OCH3 is 1. The first kappa shape index (κ1) is 22.0. The fourth-order valence-electron chi connectivity index (χ4n) is 4.44. The summed E-state index contributed by atoms with van der Waals surface area (Å²) in [6.07, 6.45) is 2.70. The molecule has 162 valence electrons. The van der Waals surface area contributed by atoms with Gasteiger partial charge in [0.15, 0.2) is 0 Å². The molecule has 0 amide bonds. The normalized spacial score (nSPS) is 28.5. The van der Waals surface area contributed by atoms with Gasteiger partial charge >= 0.3 is 5.97 Å². The fraction of sp³-hybridized carbons (Fsp3) is 0.682. The van der Waals surface area contributed by atoms with Gasteiger partial charge in [0.25, 0.3) is 0 Å². The second kappa shape index (κ2) is 10.9. The number of quaternary nitrogens is 2. The number of benzene rings is 1. The second-order valence-electron chi connectivity index (χ2n) is 8.52. The van der Waals surface area contributed by atoms with Gasteiger partial charge in [-0.1, -0.05) is 12.1 Å². The third kappa shape index (κ3) is 6.96. The van der Waals surface area contributed by atoms with Crippen LogP contribution in [0.15, 0.2) is 24.3 Å². The van der Waals surface area contributed by atoms with Gasteiger partial charge in [-0.3, -0.25) is 4.79 Å². The van der Waals surface area contributed by atoms with Crippen LogP contribution in [-0.2, 0) is 16.1 Å². The molecule has 1 atom stereocenters. The molecule has 0 bridgehead atoms. The smallest absolute Gasteiger partial charge is 0.309 e. The number of likely N-dealkylation sites (tertiary alicyclic amines) is 2. The summed E-state index contributed by atoms with van der Waals surface area (Å²) in [6.45, 7) is 5.59. The van der Waals surface area contributed by atoms with E-state index >= 15 is 0 Å². The molecular formula is C22H36N2O5+2. The number of hydrogen-bond acceptors (Lipinski definition) is 5. The highest BCUT2D eigenvalue weighted by Crippen LogP contribution is 2.14. The van der Waals surface area contributed by atoms with Crippen molar-refractivity contribution in [2.45, 2.75) is 44.4 Å². The molecule has 2 heterocycles. The lowest BCUT2D eigenvalue weighted by Crippen LogP contribution is -3.14. The number of ether oxygens (including phenoxy) is 2. The summed E-state index contributed by atoms with van der Waals surface area (Å²) < 4.78 is 10.7. The van der Waals surface area contributed by atoms with Crippen LogP contribution in [0.4, 0.5) is 0 Å². The average molecular weight is 409 g/mol. The van der Waals surface area contributed by atoms with Crippen LogP contribution < -0.4 is 14.5 Å². The van der Waals surface area contributed by atoms with Crippen LogP contribution in [-0.4, -0.2) is 74.8 Å². The van der Waals surface area contributed by atoms with Crippen molar-refractivity contribution in [2.75, 3.05) is 46.4 Å². The molecular weight excluding hydrogens is 372 g/mol. The van der Waals surface area contributed by atoms with E-state index in [2.05, 4.69) is 12.1 Å². The van der Waals surface area contributed by atoms with Crippen LogP contribution in [0.25, 0.3) is 0 Å². The molecule has 0 saturated carbocycles. The standard InChI is InChI=1S/C22H34N2O5/c1-28-22(27)18-5-9-24(10-6-18)15-20(26)16-29-21-4-2-3-17(13-21)14-23-11-7-19(25)8-12-23/h2-4,13,18-20,25-26H,5-12,14-16H2,1H3/p+2. The minimum Gasteiger partial charge on any atom is -0.491 e. The van der Waals surface area contributed by atoms with Gasteiger partial charge in [0, 0.05) is 31.2 Å². The summed E-state index contributed by atoms with van der Waals surface area (Å²) in [7, 11) is 1.44. The summed E-state index contributed by atoms with van der Waals surface area (Å²) in [5, 5.41) is 20.0. The number of carbonyl (C=O) groups is 1. The molecule has 2 fully saturated rings. The van der Waals surface area contributed by atoms with E-state index in [1.807, 2.05) is 12.1 Å². The summed E-state index contributed by atoms with van der Waals surface area (Å²) in [4.78, 5) is 14.4. The molecule has 1 aromatic carbocycles. The van der Waals surface area contributed by atoms with Crippen LogP contribution in [0, 0.1) is 5.92 Å². The van der Waals surface area contributed by atoms with Gasteiger partial charge in [-0.2, -0.15) is 0 Å². The minimum absolute atomic E-state index is 0.00480. The predicted octanol–water partition coefficient (Wildman–Crippen LogP) is -1.57. The number of esters is 1. The fourth-order valence-corrected chi connectivity index (χ4v) is 4.44. The number of carbonyl (C=O) groups excluding carboxylic acids is 1. The Labute approximate surface area is 173 Å². The number of aliphatic hydroxyl groups excluding tert-OH is 2. The van der Waals surface area contributed by atoms with Crippen molar-refractivity contribution in [1.29, 1.82) is 0 Å². The molecule has 0 spiro atoms. The SMILES string of the molecule is COC(=O)C1CC[NH+](CC(O)COc2cccc(C[NH+]3CCC(O)CC3)c2)CC1. The lowest BCUT2D eigenvalue weighted by Gasteiger charge is -2.29. The molecule has 7 heteroatoms. The first-order valence-corrected chi connectivity index (χ1v) is 10.9. The third-order valence-corrected chi connectivity index (χ3v) is 6.21. The average Bonchev–Trinajstić information content (AvgIpc) is 2.74. The maximum absolute atomic E-state index is 11.6. The monoisotopic (exact) mass is 408 g/mol. The molecule has 2 aliphatic rings. The molecule has 3 rings (SSSR count). The Morgan fingerprint density at radius 1 is 1.14 bits per heavy atom. The Hall–Kier alpha value is -1.67. The number of nitrogens with one attached hydrogen (secondary N) is 2. The van der Waals surface area contributed by atoms with Crippen molar-refractivity contribution in [3.8, 4) is 5.75 Å². The maximum atomic E-state index is 11.6. The van der Waals surface area contributed by atoms with Crippen molar-refractivity contribution >= 4 is 5.97 Å². The van der Waals surface area contributed by atoms with Crippen molar-refractivity contribution < 1.29 is 34.3 Å². The predicted molar refractivity (Wildman–Crippen MR) is 108 cm³/mol. The zero-order valence-corrected chi connectivity index (χ0v) is 17.4. The Balaban J connectivity index is 1.39. The quantitative estimate of drug-likeness (QED) is 0.391. The lowest BCUT2D eigenvalue weighted by atomic mass is 9.97. The minimum atomic E-state index is -0.530. The van der Waals surface area contributed by atoms with Crippen LogP contribution in [0.2, 0.25) is 0 Å². The molecule has 1 unspecified atom stereocenters. The van der Waals surface area contributed by atoms with E-state index in [9.17, 15) is 15.0 Å². The Bertz CT molecular complexity index is 640. The van der Waals surface area contributed by atoms with Gasteiger partial charge in [0.2, 0.25) is 0 Å². The molecule has 1 aromatic rings. The molecule has 7 nitrogen and oxygen atoms in total. The van der Waals surface area contributed by atoms with Crippen molar-refractivity contribution in [3.05, 3.63) is 29.8 Å². The number of hydrogen-bond donors (Lipinski definition) is 4. The van der Waals surface area contributed by atoms with Crippen molar-refractivity contribution in [3.63, 3.8) is 0 Å². The maximum Gasteiger partial charge on any atom is 0.309 e. The number of rotatable bonds is 8. The highest BCUT2D eigenvalue weighted by atomic mass is 16.5. The van der Waals surface area contributed by atoms with E-state index in [-0.39, 0.29) is 24.6 Å². The molecule has 29 heavy (non-hydrogen) atoms. The van der Waals surface area contributed by atoms with Crippen molar-refractivity contribution in [1.82, 2.24) is 0 Å². The Morgan fingerprint density at radius 3 is 2.52 bits per heavy atom. The molecule has 0 aliphatic carbocycles. The summed E-state index contributed by atoms with van der Waals surface area (Å²) in [5.74, 6) is 0.679. The van der Waals surface area contributed by atoms with E-state index in [1.165, 1.54) is 22.5 Å². The second-order valence-corrected chi connectivity index (χ2v) is 8.52. The Morgan fingerprint density at radius 2 is 1.83 bits per heavy atom. The third-order valence-electron chi connectivity index (χ3n) is 6.21. The van der Waals surface area contributed by atoms with E-state index in [0.29, 0.717) is 6.54 Å². The molecule has 2 aliphatic heterocycles. The number of aliphatic hydroxyl groups is 2. The molecule has 0 radical (unpaired) electrons. The van der Waals surface area contributed by atoms with E-state index < -0.39 is 6.10 Å². The first-order valence-electron chi connectivity index (χ1n) is 10.9. The Kier molecular flexibility index (Phi) is 8.29. The highest BCUT2D eigenvalue weighted by molar-refractivity contribution is 5.72. The van der Waals surface area contributed by atoms with Gasteiger partial charge in [0.05, 0.1) is 45.3 Å². The van der Waals surface area contributed by atoms with Gasteiger partial charge in [-0.05, 0) is 12.1 Å². The van der Waals surface area contributed by atoms with Crippen LogP contribution in [0.3, 0.4) is 0 Å². The number of piperidine rings is 2. The largest absolute Gasteiger partial charge is 0.491 e. The molecule has 4 N–H and O–H groups in total. The van der Waals surface area contributed by atoms with Crippen LogP contribution >= 0.6 is 0 Å². The highest BCUT2D eigenvalue weighted by Gasteiger charge is 2.29. The topological polar surface area (TPSA) is 84.9 Å². The van der Waals surface area contributed by atoms with Gasteiger partial charge in [0.1, 0.15) is 31.5 Å². The van der Waals surface area contributed by atoms with E-state index in [4.69, 9.17) is 9.47 Å². The van der Waals surface area contributed by atoms with Crippen molar-refractivity contribution in [2.24, 2.45) is 5.92 Å². The van der Waals surface area contributed by atoms with Gasteiger partial charge in [-0.15, -0.1) is 0 Å². The summed E-state index contributed by atoms with van der Waals surface area (Å²) in [6, 6.07) is 8.09. The summed E-state index contributed by atoms with van der Waals surface area (Å²) >= 11 is 0. The van der Waals surface area contributed by atoms with Gasteiger partial charge in [-0.25, -0.2) is 0 Å².